The molecule has 1 aromatic carbocycles. The lowest BCUT2D eigenvalue weighted by Crippen LogP contribution is -2.56. The third kappa shape index (κ3) is 2.97. The Balaban J connectivity index is 2.14. The van der Waals surface area contributed by atoms with Crippen LogP contribution in [0.4, 0.5) is 5.69 Å². The van der Waals surface area contributed by atoms with Crippen LogP contribution in [0.5, 0.6) is 0 Å². The fraction of sp³-hybridized carbons (Fsp3) is 0.571. The minimum absolute atomic E-state index is 0.241. The van der Waals surface area contributed by atoms with E-state index in [4.69, 9.17) is 16.7 Å². The Morgan fingerprint density at radius 3 is 2.83 bits per heavy atom. The number of benzene rings is 1. The summed E-state index contributed by atoms with van der Waals surface area (Å²) in [6.45, 7) is 4.41. The molecule has 1 fully saturated rings. The van der Waals surface area contributed by atoms with Gasteiger partial charge in [-0.15, -0.1) is 0 Å². The maximum atomic E-state index is 9.16. The number of nitrogens with zero attached hydrogens (tertiary/aromatic N) is 2. The fourth-order valence-electron chi connectivity index (χ4n) is 2.59. The molecule has 3 nitrogen and oxygen atoms in total. The third-order valence-electron chi connectivity index (χ3n) is 3.82. The number of halogens is 1. The summed E-state index contributed by atoms with van der Waals surface area (Å²) < 4.78 is 0. The quantitative estimate of drug-likeness (QED) is 0.911. The van der Waals surface area contributed by atoms with Crippen molar-refractivity contribution in [2.75, 3.05) is 31.6 Å². The van der Waals surface area contributed by atoms with E-state index in [1.54, 1.807) is 0 Å². The maximum absolute atomic E-state index is 9.16. The van der Waals surface area contributed by atoms with Crippen molar-refractivity contribution in [2.24, 2.45) is 0 Å². The smallest absolute Gasteiger partial charge is 0.0446 e. The van der Waals surface area contributed by atoms with Gasteiger partial charge in [-0.1, -0.05) is 17.7 Å². The van der Waals surface area contributed by atoms with E-state index in [-0.39, 0.29) is 6.61 Å². The van der Waals surface area contributed by atoms with Gasteiger partial charge in [0.1, 0.15) is 0 Å². The highest BCUT2D eigenvalue weighted by molar-refractivity contribution is 6.30. The Hall–Kier alpha value is -0.770. The Kier molecular flexibility index (Phi) is 4.49. The fourth-order valence-corrected chi connectivity index (χ4v) is 2.78. The van der Waals surface area contributed by atoms with E-state index >= 15 is 0 Å². The van der Waals surface area contributed by atoms with Crippen LogP contribution in [0.1, 0.15) is 13.3 Å². The minimum atomic E-state index is 0.241. The number of rotatable bonds is 3. The van der Waals surface area contributed by atoms with Gasteiger partial charge >= 0.3 is 0 Å². The summed E-state index contributed by atoms with van der Waals surface area (Å²) in [4.78, 5) is 4.72. The number of aliphatic hydroxyl groups excluding tert-OH is 1. The molecule has 2 rings (SSSR count). The Morgan fingerprint density at radius 1 is 1.39 bits per heavy atom. The molecule has 1 saturated heterocycles. The summed E-state index contributed by atoms with van der Waals surface area (Å²) in [7, 11) is 2.14. The van der Waals surface area contributed by atoms with Crippen molar-refractivity contribution in [3.8, 4) is 0 Å². The van der Waals surface area contributed by atoms with E-state index in [1.165, 1.54) is 5.69 Å². The minimum Gasteiger partial charge on any atom is -0.396 e. The van der Waals surface area contributed by atoms with Crippen molar-refractivity contribution in [3.63, 3.8) is 0 Å². The summed E-state index contributed by atoms with van der Waals surface area (Å²) in [6, 6.07) is 8.87. The average molecular weight is 269 g/mol. The number of anilines is 1. The average Bonchev–Trinajstić information content (AvgIpc) is 2.35. The number of likely N-dealkylation sites (N-methyl/N-ethyl adjacent to an activating group) is 1. The van der Waals surface area contributed by atoms with E-state index in [0.717, 1.165) is 24.5 Å². The van der Waals surface area contributed by atoms with Gasteiger partial charge in [-0.25, -0.2) is 0 Å². The van der Waals surface area contributed by atoms with Gasteiger partial charge in [-0.2, -0.15) is 0 Å². The van der Waals surface area contributed by atoms with E-state index in [1.807, 2.05) is 18.2 Å². The van der Waals surface area contributed by atoms with Crippen LogP contribution in [0.25, 0.3) is 0 Å². The summed E-state index contributed by atoms with van der Waals surface area (Å²) in [6.07, 6.45) is 0.817. The second-order valence-electron chi connectivity index (χ2n) is 5.07. The van der Waals surface area contributed by atoms with Crippen molar-refractivity contribution < 1.29 is 5.11 Å². The molecule has 18 heavy (non-hydrogen) atoms. The summed E-state index contributed by atoms with van der Waals surface area (Å²) in [5.74, 6) is 0. The van der Waals surface area contributed by atoms with Gasteiger partial charge in [0.2, 0.25) is 0 Å². The third-order valence-corrected chi connectivity index (χ3v) is 4.06. The first-order valence-electron chi connectivity index (χ1n) is 6.45. The Bertz CT molecular complexity index is 399. The zero-order valence-electron chi connectivity index (χ0n) is 11.0. The molecular formula is C14H21ClN2O. The lowest BCUT2D eigenvalue weighted by Gasteiger charge is -2.44. The zero-order valence-corrected chi connectivity index (χ0v) is 11.8. The molecule has 0 saturated carbocycles. The van der Waals surface area contributed by atoms with Gasteiger partial charge in [-0.05, 0) is 38.6 Å². The van der Waals surface area contributed by atoms with Crippen LogP contribution < -0.4 is 4.90 Å². The SMILES string of the molecule is CC1CN(c2cccc(Cl)c2)CC(CCO)N1C. The van der Waals surface area contributed by atoms with Crippen LogP contribution in [0, 0.1) is 0 Å². The molecule has 4 heteroatoms. The Morgan fingerprint density at radius 2 is 2.17 bits per heavy atom. The first-order chi connectivity index (χ1) is 8.61. The zero-order chi connectivity index (χ0) is 13.1. The van der Waals surface area contributed by atoms with E-state index < -0.39 is 0 Å². The molecule has 0 radical (unpaired) electrons. The monoisotopic (exact) mass is 268 g/mol. The van der Waals surface area contributed by atoms with Crippen LogP contribution in [-0.4, -0.2) is 48.8 Å². The summed E-state index contributed by atoms with van der Waals surface area (Å²) in [5, 5.41) is 9.93. The predicted octanol–water partition coefficient (Wildman–Crippen LogP) is 2.23. The second kappa shape index (κ2) is 5.91. The summed E-state index contributed by atoms with van der Waals surface area (Å²) >= 11 is 6.05. The van der Waals surface area contributed by atoms with Crippen LogP contribution in [-0.2, 0) is 0 Å². The Labute approximate surface area is 114 Å². The molecular weight excluding hydrogens is 248 g/mol. The first-order valence-corrected chi connectivity index (χ1v) is 6.83. The van der Waals surface area contributed by atoms with Crippen LogP contribution in [0.3, 0.4) is 0 Å². The lowest BCUT2D eigenvalue weighted by molar-refractivity contribution is 0.128. The first kappa shape index (κ1) is 13.7. The van der Waals surface area contributed by atoms with Gasteiger partial charge in [0, 0.05) is 42.5 Å². The molecule has 0 aromatic heterocycles. The lowest BCUT2D eigenvalue weighted by atomic mass is 10.0. The van der Waals surface area contributed by atoms with Crippen LogP contribution in [0.15, 0.2) is 24.3 Å². The van der Waals surface area contributed by atoms with Crippen molar-refractivity contribution in [2.45, 2.75) is 25.4 Å². The molecule has 0 amide bonds. The molecule has 2 atom stereocenters. The molecule has 1 aliphatic rings. The summed E-state index contributed by atoms with van der Waals surface area (Å²) in [5.41, 5.74) is 1.17. The normalized spacial score (nSPS) is 25.4. The van der Waals surface area contributed by atoms with Crippen molar-refractivity contribution in [1.82, 2.24) is 4.90 Å². The second-order valence-corrected chi connectivity index (χ2v) is 5.50. The van der Waals surface area contributed by atoms with Gasteiger partial charge in [0.25, 0.3) is 0 Å². The molecule has 1 heterocycles. The van der Waals surface area contributed by atoms with Gasteiger partial charge in [0.15, 0.2) is 0 Å². The topological polar surface area (TPSA) is 26.7 Å². The number of hydrogen-bond acceptors (Lipinski definition) is 3. The van der Waals surface area contributed by atoms with Gasteiger partial charge in [-0.3, -0.25) is 4.90 Å². The van der Waals surface area contributed by atoms with E-state index in [9.17, 15) is 0 Å². The molecule has 100 valence electrons. The predicted molar refractivity (Wildman–Crippen MR) is 76.4 cm³/mol. The van der Waals surface area contributed by atoms with Gasteiger partial charge in [0.05, 0.1) is 0 Å². The van der Waals surface area contributed by atoms with Crippen molar-refractivity contribution in [3.05, 3.63) is 29.3 Å². The molecule has 1 aliphatic heterocycles. The number of hydrogen-bond donors (Lipinski definition) is 1. The van der Waals surface area contributed by atoms with Crippen LogP contribution >= 0.6 is 11.6 Å². The van der Waals surface area contributed by atoms with Crippen LogP contribution in [0.2, 0.25) is 5.02 Å². The van der Waals surface area contributed by atoms with E-state index in [0.29, 0.717) is 12.1 Å². The molecule has 0 aliphatic carbocycles. The molecule has 0 bridgehead atoms. The van der Waals surface area contributed by atoms with Gasteiger partial charge < -0.3 is 10.0 Å². The molecule has 1 N–H and O–H groups in total. The highest BCUT2D eigenvalue weighted by Crippen LogP contribution is 2.25. The number of aliphatic hydroxyl groups is 1. The maximum Gasteiger partial charge on any atom is 0.0446 e. The highest BCUT2D eigenvalue weighted by atomic mass is 35.5. The van der Waals surface area contributed by atoms with Crippen molar-refractivity contribution >= 4 is 17.3 Å². The van der Waals surface area contributed by atoms with Crippen molar-refractivity contribution in [1.29, 1.82) is 0 Å². The van der Waals surface area contributed by atoms with E-state index in [2.05, 4.69) is 29.8 Å². The highest BCUT2D eigenvalue weighted by Gasteiger charge is 2.29. The molecule has 0 spiro atoms. The number of piperazine rings is 1. The molecule has 1 aromatic rings. The largest absolute Gasteiger partial charge is 0.396 e. The standard InChI is InChI=1S/C14H21ClN2O/c1-11-9-17(10-14(6-7-18)16(11)2)13-5-3-4-12(15)8-13/h3-5,8,11,14,18H,6-7,9-10H2,1-2H3. The molecule has 2 unspecified atom stereocenters.